The van der Waals surface area contributed by atoms with E-state index in [1.165, 1.54) is 18.4 Å². The normalized spacial score (nSPS) is 20.7. The van der Waals surface area contributed by atoms with Crippen LogP contribution in [0, 0.1) is 5.82 Å². The van der Waals surface area contributed by atoms with E-state index in [0.717, 1.165) is 4.90 Å². The Morgan fingerprint density at radius 3 is 2.74 bits per heavy atom. The van der Waals surface area contributed by atoms with Crippen LogP contribution in [-0.4, -0.2) is 30.0 Å². The summed E-state index contributed by atoms with van der Waals surface area (Å²) >= 11 is 0. The number of hydrogen-bond donors (Lipinski definition) is 1. The zero-order valence-electron chi connectivity index (χ0n) is 12.4. The highest BCUT2D eigenvalue weighted by molar-refractivity contribution is 6.06. The third-order valence-corrected chi connectivity index (χ3v) is 3.70. The van der Waals surface area contributed by atoms with Gasteiger partial charge in [0.25, 0.3) is 5.91 Å². The van der Waals surface area contributed by atoms with E-state index in [2.05, 4.69) is 5.32 Å². The Bertz CT molecular complexity index is 731. The molecule has 0 bridgehead atoms. The minimum atomic E-state index is -1.24. The van der Waals surface area contributed by atoms with Crippen molar-refractivity contribution in [3.8, 4) is 5.75 Å². The summed E-state index contributed by atoms with van der Waals surface area (Å²) in [5, 5.41) is 2.61. The lowest BCUT2D eigenvalue weighted by atomic mass is 9.99. The molecule has 1 fully saturated rings. The van der Waals surface area contributed by atoms with E-state index in [1.54, 1.807) is 31.2 Å². The summed E-state index contributed by atoms with van der Waals surface area (Å²) in [7, 11) is 0. The third kappa shape index (κ3) is 2.65. The maximum absolute atomic E-state index is 13.5. The van der Waals surface area contributed by atoms with E-state index in [9.17, 15) is 14.0 Å². The van der Waals surface area contributed by atoms with Crippen LogP contribution in [-0.2, 0) is 10.3 Å². The van der Waals surface area contributed by atoms with Gasteiger partial charge in [-0.2, -0.15) is 0 Å². The van der Waals surface area contributed by atoms with Crippen molar-refractivity contribution in [1.82, 2.24) is 10.2 Å². The number of urea groups is 1. The molecule has 2 heterocycles. The van der Waals surface area contributed by atoms with Crippen LogP contribution in [0.2, 0.25) is 0 Å². The first-order chi connectivity index (χ1) is 11.0. The molecule has 1 atom stereocenters. The fourth-order valence-electron chi connectivity index (χ4n) is 2.44. The fraction of sp³-hybridized carbons (Fsp3) is 0.250. The number of para-hydroxylation sites is 1. The zero-order valence-corrected chi connectivity index (χ0v) is 12.4. The molecule has 3 rings (SSSR count). The minimum Gasteiger partial charge on any atom is -0.489 e. The van der Waals surface area contributed by atoms with Gasteiger partial charge in [-0.15, -0.1) is 0 Å². The van der Waals surface area contributed by atoms with Crippen molar-refractivity contribution >= 4 is 11.9 Å². The van der Waals surface area contributed by atoms with Crippen LogP contribution in [0.25, 0.3) is 0 Å². The van der Waals surface area contributed by atoms with Crippen LogP contribution in [0.1, 0.15) is 12.7 Å². The molecule has 0 aliphatic carbocycles. The average Bonchev–Trinajstić information content (AvgIpc) is 3.13. The van der Waals surface area contributed by atoms with Crippen molar-refractivity contribution in [1.29, 1.82) is 0 Å². The number of benzene rings is 1. The number of halogens is 1. The number of furan rings is 1. The molecule has 1 saturated heterocycles. The van der Waals surface area contributed by atoms with Crippen LogP contribution >= 0.6 is 0 Å². The van der Waals surface area contributed by atoms with Gasteiger partial charge < -0.3 is 14.5 Å². The monoisotopic (exact) mass is 318 g/mol. The topological polar surface area (TPSA) is 71.8 Å². The number of imide groups is 1. The lowest BCUT2D eigenvalue weighted by Crippen LogP contribution is -2.41. The highest BCUT2D eigenvalue weighted by atomic mass is 19.1. The molecule has 1 aromatic heterocycles. The van der Waals surface area contributed by atoms with Crippen molar-refractivity contribution in [3.63, 3.8) is 0 Å². The Labute approximate surface area is 131 Å². The van der Waals surface area contributed by atoms with E-state index >= 15 is 0 Å². The number of carbonyl (C=O) groups excluding carboxylic acids is 2. The second-order valence-electron chi connectivity index (χ2n) is 5.27. The van der Waals surface area contributed by atoms with Crippen LogP contribution < -0.4 is 10.1 Å². The Balaban J connectivity index is 1.66. The predicted octanol–water partition coefficient (Wildman–Crippen LogP) is 2.26. The number of carbonyl (C=O) groups is 2. The molecule has 23 heavy (non-hydrogen) atoms. The van der Waals surface area contributed by atoms with Crippen molar-refractivity contribution in [3.05, 3.63) is 54.2 Å². The molecule has 0 saturated carbocycles. The van der Waals surface area contributed by atoms with E-state index in [0.29, 0.717) is 5.76 Å². The lowest BCUT2D eigenvalue weighted by Gasteiger charge is -2.19. The van der Waals surface area contributed by atoms with E-state index in [4.69, 9.17) is 9.15 Å². The van der Waals surface area contributed by atoms with Crippen LogP contribution in [0.4, 0.5) is 9.18 Å². The molecule has 6 nitrogen and oxygen atoms in total. The maximum atomic E-state index is 13.5. The number of nitrogens with zero attached hydrogens (tertiary/aromatic N) is 1. The number of rotatable bonds is 5. The zero-order chi connectivity index (χ0) is 16.4. The predicted molar refractivity (Wildman–Crippen MR) is 78.2 cm³/mol. The van der Waals surface area contributed by atoms with Crippen molar-refractivity contribution in [2.24, 2.45) is 0 Å². The molecule has 1 aliphatic rings. The second kappa shape index (κ2) is 5.75. The van der Waals surface area contributed by atoms with Gasteiger partial charge in [0.05, 0.1) is 12.8 Å². The quantitative estimate of drug-likeness (QED) is 0.859. The molecular formula is C16H15FN2O4. The number of ether oxygens (including phenoxy) is 1. The second-order valence-corrected chi connectivity index (χ2v) is 5.27. The summed E-state index contributed by atoms with van der Waals surface area (Å²) in [4.78, 5) is 25.6. The van der Waals surface area contributed by atoms with Gasteiger partial charge in [0.2, 0.25) is 0 Å². The highest BCUT2D eigenvalue weighted by Gasteiger charge is 2.50. The largest absolute Gasteiger partial charge is 0.489 e. The van der Waals surface area contributed by atoms with Crippen molar-refractivity contribution in [2.75, 3.05) is 13.2 Å². The van der Waals surface area contributed by atoms with Gasteiger partial charge in [-0.3, -0.25) is 9.69 Å². The first-order valence-electron chi connectivity index (χ1n) is 7.08. The van der Waals surface area contributed by atoms with Crippen molar-refractivity contribution < 1.29 is 23.1 Å². The molecular weight excluding hydrogens is 303 g/mol. The maximum Gasteiger partial charge on any atom is 0.325 e. The van der Waals surface area contributed by atoms with E-state index in [1.807, 2.05) is 0 Å². The fourth-order valence-corrected chi connectivity index (χ4v) is 2.44. The molecule has 1 unspecified atom stereocenters. The summed E-state index contributed by atoms with van der Waals surface area (Å²) in [5.74, 6) is -0.499. The summed E-state index contributed by atoms with van der Waals surface area (Å²) in [6.45, 7) is 1.58. The van der Waals surface area contributed by atoms with Gasteiger partial charge in [-0.1, -0.05) is 12.1 Å². The minimum absolute atomic E-state index is 0.00563. The molecule has 120 valence electrons. The molecule has 7 heteroatoms. The summed E-state index contributed by atoms with van der Waals surface area (Å²) in [6, 6.07) is 8.67. The number of hydrogen-bond acceptors (Lipinski definition) is 4. The molecule has 0 radical (unpaired) electrons. The standard InChI is InChI=1S/C16H15FN2O4/c1-16(13-7-4-9-23-13)14(20)19(15(21)18-16)8-10-22-12-6-3-2-5-11(12)17/h2-7,9H,8,10H2,1H3,(H,18,21). The molecule has 1 aliphatic heterocycles. The number of amides is 3. The average molecular weight is 318 g/mol. The van der Waals surface area contributed by atoms with Gasteiger partial charge in [0, 0.05) is 0 Å². The van der Waals surface area contributed by atoms with E-state index < -0.39 is 23.3 Å². The Kier molecular flexibility index (Phi) is 3.77. The van der Waals surface area contributed by atoms with Crippen LogP contribution in [0.15, 0.2) is 47.1 Å². The number of nitrogens with one attached hydrogen (secondary N) is 1. The third-order valence-electron chi connectivity index (χ3n) is 3.70. The van der Waals surface area contributed by atoms with Gasteiger partial charge in [-0.25, -0.2) is 9.18 Å². The van der Waals surface area contributed by atoms with Gasteiger partial charge in [-0.05, 0) is 31.2 Å². The SMILES string of the molecule is CC1(c2ccco2)NC(=O)N(CCOc2ccccc2F)C1=O. The van der Waals surface area contributed by atoms with E-state index in [-0.39, 0.29) is 18.9 Å². The summed E-state index contributed by atoms with van der Waals surface area (Å²) in [6.07, 6.45) is 1.43. The Morgan fingerprint density at radius 2 is 2.04 bits per heavy atom. The highest BCUT2D eigenvalue weighted by Crippen LogP contribution is 2.28. The van der Waals surface area contributed by atoms with Crippen LogP contribution in [0.3, 0.4) is 0 Å². The summed E-state index contributed by atoms with van der Waals surface area (Å²) in [5.41, 5.74) is -1.24. The van der Waals surface area contributed by atoms with Gasteiger partial charge >= 0.3 is 6.03 Å². The van der Waals surface area contributed by atoms with Crippen molar-refractivity contribution in [2.45, 2.75) is 12.5 Å². The van der Waals surface area contributed by atoms with Gasteiger partial charge in [0.1, 0.15) is 12.4 Å². The lowest BCUT2D eigenvalue weighted by molar-refractivity contribution is -0.131. The smallest absolute Gasteiger partial charge is 0.325 e. The van der Waals surface area contributed by atoms with Crippen LogP contribution in [0.5, 0.6) is 5.75 Å². The van der Waals surface area contributed by atoms with Gasteiger partial charge in [0.15, 0.2) is 17.1 Å². The first-order valence-corrected chi connectivity index (χ1v) is 7.08. The molecule has 1 aromatic carbocycles. The molecule has 0 spiro atoms. The molecule has 2 aromatic rings. The molecule has 3 amide bonds. The Morgan fingerprint density at radius 1 is 1.26 bits per heavy atom. The molecule has 1 N–H and O–H groups in total. The first kappa shape index (κ1) is 15.1. The summed E-state index contributed by atoms with van der Waals surface area (Å²) < 4.78 is 24.0. The Hall–Kier alpha value is -2.83.